The van der Waals surface area contributed by atoms with Crippen molar-refractivity contribution in [3.63, 3.8) is 0 Å². The summed E-state index contributed by atoms with van der Waals surface area (Å²) >= 11 is 1.71. The lowest BCUT2D eigenvalue weighted by Crippen LogP contribution is -2.28. The molecule has 0 aliphatic carbocycles. The molecule has 0 saturated carbocycles. The number of aliphatic imine (C=N–C) groups is 1. The van der Waals surface area contributed by atoms with Gasteiger partial charge in [-0.1, -0.05) is 26.8 Å². The molecule has 0 spiro atoms. The molecule has 13 heavy (non-hydrogen) atoms. The number of rotatable bonds is 2. The van der Waals surface area contributed by atoms with Crippen molar-refractivity contribution in [1.82, 2.24) is 0 Å². The number of thiophene rings is 1. The van der Waals surface area contributed by atoms with Crippen LogP contribution in [0.2, 0.25) is 0 Å². The van der Waals surface area contributed by atoms with E-state index >= 15 is 0 Å². The van der Waals surface area contributed by atoms with Crippen LogP contribution in [0.25, 0.3) is 0 Å². The van der Waals surface area contributed by atoms with Gasteiger partial charge in [0.15, 0.2) is 0 Å². The van der Waals surface area contributed by atoms with E-state index in [0.717, 1.165) is 5.84 Å². The molecular formula is C10H16N2S. The molecule has 2 N–H and O–H groups in total. The zero-order valence-corrected chi connectivity index (χ0v) is 9.19. The second kappa shape index (κ2) is 3.92. The Morgan fingerprint density at radius 3 is 2.69 bits per heavy atom. The fraction of sp³-hybridized carbons (Fsp3) is 0.500. The predicted molar refractivity (Wildman–Crippen MR) is 59.1 cm³/mol. The molecule has 0 aliphatic heterocycles. The van der Waals surface area contributed by atoms with Crippen LogP contribution in [0, 0.1) is 5.41 Å². The highest BCUT2D eigenvalue weighted by atomic mass is 32.1. The van der Waals surface area contributed by atoms with E-state index in [1.54, 1.807) is 11.3 Å². The quantitative estimate of drug-likeness (QED) is 0.573. The van der Waals surface area contributed by atoms with Crippen LogP contribution in [0.15, 0.2) is 22.5 Å². The predicted octanol–water partition coefficient (Wildman–Crippen LogP) is 2.65. The normalized spacial score (nSPS) is 13.3. The summed E-state index contributed by atoms with van der Waals surface area (Å²) in [4.78, 5) is 5.60. The van der Waals surface area contributed by atoms with Crippen molar-refractivity contribution in [2.24, 2.45) is 16.1 Å². The monoisotopic (exact) mass is 196 g/mol. The van der Waals surface area contributed by atoms with Gasteiger partial charge in [-0.2, -0.15) is 0 Å². The van der Waals surface area contributed by atoms with Gasteiger partial charge in [0, 0.05) is 10.3 Å². The maximum Gasteiger partial charge on any atom is 0.0995 e. The van der Waals surface area contributed by atoms with Gasteiger partial charge in [0.25, 0.3) is 0 Å². The Morgan fingerprint density at radius 1 is 1.54 bits per heavy atom. The van der Waals surface area contributed by atoms with Crippen molar-refractivity contribution in [2.75, 3.05) is 0 Å². The summed E-state index contributed by atoms with van der Waals surface area (Å²) in [6.07, 6.45) is 0. The second-order valence-corrected chi connectivity index (χ2v) is 5.06. The van der Waals surface area contributed by atoms with Gasteiger partial charge in [-0.3, -0.25) is 4.99 Å². The molecule has 0 fully saturated rings. The smallest absolute Gasteiger partial charge is 0.0995 e. The lowest BCUT2D eigenvalue weighted by molar-refractivity contribution is 0.581. The number of nitrogens with two attached hydrogens (primary N) is 1. The molecule has 0 atom stereocenters. The largest absolute Gasteiger partial charge is 0.387 e. The van der Waals surface area contributed by atoms with E-state index in [9.17, 15) is 0 Å². The van der Waals surface area contributed by atoms with E-state index in [1.807, 2.05) is 6.07 Å². The first-order valence-electron chi connectivity index (χ1n) is 4.33. The van der Waals surface area contributed by atoms with Crippen LogP contribution in [0.1, 0.15) is 25.6 Å². The number of hydrogen-bond donors (Lipinski definition) is 1. The van der Waals surface area contributed by atoms with Gasteiger partial charge in [-0.15, -0.1) is 11.3 Å². The Labute approximate surface area is 83.5 Å². The molecule has 0 amide bonds. The standard InChI is InChI=1S/C10H16N2S/c1-10(2,3)9(11)12-7-8-5-4-6-13-8/h4-6H,7H2,1-3H3,(H2,11,12). The molecule has 1 aromatic heterocycles. The van der Waals surface area contributed by atoms with Gasteiger partial charge >= 0.3 is 0 Å². The molecule has 0 aromatic carbocycles. The minimum absolute atomic E-state index is 0.0166. The van der Waals surface area contributed by atoms with Crippen LogP contribution in [0.4, 0.5) is 0 Å². The fourth-order valence-corrected chi connectivity index (χ4v) is 1.43. The highest BCUT2D eigenvalue weighted by Crippen LogP contribution is 2.15. The summed E-state index contributed by atoms with van der Waals surface area (Å²) in [6, 6.07) is 4.10. The second-order valence-electron chi connectivity index (χ2n) is 4.03. The topological polar surface area (TPSA) is 38.4 Å². The zero-order valence-electron chi connectivity index (χ0n) is 8.37. The van der Waals surface area contributed by atoms with E-state index < -0.39 is 0 Å². The third-order valence-electron chi connectivity index (χ3n) is 1.75. The first kappa shape index (κ1) is 10.3. The Kier molecular flexibility index (Phi) is 3.09. The average Bonchev–Trinajstić information content (AvgIpc) is 2.50. The van der Waals surface area contributed by atoms with Gasteiger partial charge < -0.3 is 5.73 Å². The van der Waals surface area contributed by atoms with Crippen molar-refractivity contribution in [2.45, 2.75) is 27.3 Å². The first-order valence-corrected chi connectivity index (χ1v) is 5.21. The van der Waals surface area contributed by atoms with E-state index in [0.29, 0.717) is 6.54 Å². The fourth-order valence-electron chi connectivity index (χ4n) is 0.803. The van der Waals surface area contributed by atoms with Crippen molar-refractivity contribution in [3.8, 4) is 0 Å². The summed E-state index contributed by atoms with van der Waals surface area (Å²) in [5.74, 6) is 0.723. The van der Waals surface area contributed by atoms with Crippen molar-refractivity contribution in [3.05, 3.63) is 22.4 Å². The van der Waals surface area contributed by atoms with E-state index in [2.05, 4.69) is 37.2 Å². The van der Waals surface area contributed by atoms with Crippen molar-refractivity contribution in [1.29, 1.82) is 0 Å². The van der Waals surface area contributed by atoms with E-state index in [4.69, 9.17) is 5.73 Å². The number of amidine groups is 1. The number of hydrogen-bond acceptors (Lipinski definition) is 2. The summed E-state index contributed by atoms with van der Waals surface area (Å²) < 4.78 is 0. The third-order valence-corrected chi connectivity index (χ3v) is 2.61. The Balaban J connectivity index is 2.59. The molecule has 1 heterocycles. The van der Waals surface area contributed by atoms with E-state index in [1.165, 1.54) is 4.88 Å². The molecule has 1 aromatic rings. The average molecular weight is 196 g/mol. The van der Waals surface area contributed by atoms with Gasteiger partial charge in [0.05, 0.1) is 12.4 Å². The summed E-state index contributed by atoms with van der Waals surface area (Å²) in [5.41, 5.74) is 5.81. The SMILES string of the molecule is CC(C)(C)C(N)=NCc1cccs1. The van der Waals surface area contributed by atoms with Crippen LogP contribution in [-0.4, -0.2) is 5.84 Å². The van der Waals surface area contributed by atoms with Crippen LogP contribution in [0.3, 0.4) is 0 Å². The van der Waals surface area contributed by atoms with Crippen molar-refractivity contribution >= 4 is 17.2 Å². The van der Waals surface area contributed by atoms with E-state index in [-0.39, 0.29) is 5.41 Å². The zero-order chi connectivity index (χ0) is 9.90. The van der Waals surface area contributed by atoms with Gasteiger partial charge in [0.2, 0.25) is 0 Å². The highest BCUT2D eigenvalue weighted by Gasteiger charge is 2.14. The summed E-state index contributed by atoms with van der Waals surface area (Å²) in [6.45, 7) is 6.92. The molecule has 2 nitrogen and oxygen atoms in total. The minimum atomic E-state index is -0.0166. The molecule has 3 heteroatoms. The third kappa shape index (κ3) is 3.19. The van der Waals surface area contributed by atoms with Crippen LogP contribution in [-0.2, 0) is 6.54 Å². The Bertz CT molecular complexity index is 280. The molecule has 0 bridgehead atoms. The molecule has 0 aliphatic rings. The maximum absolute atomic E-state index is 5.82. The van der Waals surface area contributed by atoms with Gasteiger partial charge in [-0.05, 0) is 11.4 Å². The summed E-state index contributed by atoms with van der Waals surface area (Å²) in [5, 5.41) is 2.05. The van der Waals surface area contributed by atoms with Crippen LogP contribution < -0.4 is 5.73 Å². The molecule has 1 rings (SSSR count). The number of nitrogens with zero attached hydrogens (tertiary/aromatic N) is 1. The van der Waals surface area contributed by atoms with Crippen molar-refractivity contribution < 1.29 is 0 Å². The van der Waals surface area contributed by atoms with Gasteiger partial charge in [0.1, 0.15) is 0 Å². The lowest BCUT2D eigenvalue weighted by Gasteiger charge is -2.16. The molecule has 0 unspecified atom stereocenters. The van der Waals surface area contributed by atoms with Crippen LogP contribution in [0.5, 0.6) is 0 Å². The maximum atomic E-state index is 5.82. The van der Waals surface area contributed by atoms with Crippen LogP contribution >= 0.6 is 11.3 Å². The first-order chi connectivity index (χ1) is 6.00. The highest BCUT2D eigenvalue weighted by molar-refractivity contribution is 7.09. The summed E-state index contributed by atoms with van der Waals surface area (Å²) in [7, 11) is 0. The van der Waals surface area contributed by atoms with Gasteiger partial charge in [-0.25, -0.2) is 0 Å². The molecular weight excluding hydrogens is 180 g/mol. The molecule has 0 saturated heterocycles. The Morgan fingerprint density at radius 2 is 2.23 bits per heavy atom. The molecule has 72 valence electrons. The minimum Gasteiger partial charge on any atom is -0.387 e. The Hall–Kier alpha value is -0.830. The lowest BCUT2D eigenvalue weighted by atomic mass is 9.95. The molecule has 0 radical (unpaired) electrons.